The van der Waals surface area contributed by atoms with Crippen molar-refractivity contribution in [1.82, 2.24) is 15.2 Å². The van der Waals surface area contributed by atoms with E-state index < -0.39 is 22.8 Å². The Morgan fingerprint density at radius 2 is 1.75 bits per heavy atom. The molecule has 214 valence electrons. The predicted molar refractivity (Wildman–Crippen MR) is 152 cm³/mol. The van der Waals surface area contributed by atoms with E-state index in [-0.39, 0.29) is 5.75 Å². The summed E-state index contributed by atoms with van der Waals surface area (Å²) in [7, 11) is -3.67. The molecule has 0 unspecified atom stereocenters. The number of piperidine rings is 2. The van der Waals surface area contributed by atoms with Crippen molar-refractivity contribution >= 4 is 27.2 Å². The van der Waals surface area contributed by atoms with E-state index >= 15 is 0 Å². The van der Waals surface area contributed by atoms with Crippen LogP contribution in [-0.4, -0.2) is 73.4 Å². The van der Waals surface area contributed by atoms with Crippen molar-refractivity contribution in [2.45, 2.75) is 51.6 Å². The molecule has 6 rings (SSSR count). The van der Waals surface area contributed by atoms with Gasteiger partial charge in [-0.05, 0) is 81.2 Å². The lowest BCUT2D eigenvalue weighted by molar-refractivity contribution is 0.276. The number of alkyl halides is 1. The molecule has 2 aromatic heterocycles. The van der Waals surface area contributed by atoms with Crippen molar-refractivity contribution in [3.8, 4) is 22.9 Å². The van der Waals surface area contributed by atoms with E-state index in [1.54, 1.807) is 12.1 Å². The van der Waals surface area contributed by atoms with Gasteiger partial charge in [0.2, 0.25) is 21.8 Å². The van der Waals surface area contributed by atoms with Crippen molar-refractivity contribution < 1.29 is 22.3 Å². The van der Waals surface area contributed by atoms with Crippen LogP contribution in [0.15, 0.2) is 34.7 Å². The number of nitrogens with zero attached hydrogens (tertiary/aromatic N) is 5. The van der Waals surface area contributed by atoms with E-state index in [4.69, 9.17) is 9.52 Å². The molecule has 40 heavy (non-hydrogen) atoms. The van der Waals surface area contributed by atoms with Crippen molar-refractivity contribution in [3.63, 3.8) is 0 Å². The zero-order valence-corrected chi connectivity index (χ0v) is 23.5. The number of aromatic nitrogens is 3. The molecule has 1 spiro atoms. The second-order valence-electron chi connectivity index (χ2n) is 11.3. The van der Waals surface area contributed by atoms with Gasteiger partial charge >= 0.3 is 0 Å². The third-order valence-corrected chi connectivity index (χ3v) is 9.61. The van der Waals surface area contributed by atoms with E-state index in [9.17, 15) is 12.8 Å². The van der Waals surface area contributed by atoms with Gasteiger partial charge in [-0.1, -0.05) is 0 Å². The lowest BCUT2D eigenvalue weighted by atomic mass is 9.93. The summed E-state index contributed by atoms with van der Waals surface area (Å²) in [5.74, 6) is 1.10. The molecule has 4 heterocycles. The molecular formula is C28H35FN6O4S. The van der Waals surface area contributed by atoms with E-state index in [0.29, 0.717) is 48.8 Å². The van der Waals surface area contributed by atoms with E-state index in [2.05, 4.69) is 29.7 Å². The number of aliphatic hydroxyl groups excluding tert-OH is 1. The molecule has 2 N–H and O–H groups in total. The Balaban J connectivity index is 1.31. The molecule has 10 nitrogen and oxygen atoms in total. The van der Waals surface area contributed by atoms with Crippen LogP contribution in [0.4, 0.5) is 21.6 Å². The zero-order chi connectivity index (χ0) is 27.9. The second kappa shape index (κ2) is 10.6. The van der Waals surface area contributed by atoms with Crippen LogP contribution < -0.4 is 14.5 Å². The zero-order valence-electron chi connectivity index (χ0n) is 22.6. The summed E-state index contributed by atoms with van der Waals surface area (Å²) < 4.78 is 47.1. The standard InChI is InChI=1S/C28H35FN6O4S/c1-19-16-20(17-25(30-19)35-10-4-21(29)5-11-35)26-31-32-27(39-26)23-3-2-22(33-40(37,38)15-14-36)18-24(23)34-12-8-28(6-7-28)9-13-34/h2-3,16-18,21,33,36H,4-15H2,1H3. The topological polar surface area (TPSA) is 125 Å². The SMILES string of the molecule is Cc1cc(-c2nnc(-c3ccc(NS(=O)(=O)CCO)cc3N3CCC4(CC3)CC4)o2)cc(N2CCC(F)CC2)n1. The van der Waals surface area contributed by atoms with Crippen molar-refractivity contribution in [2.75, 3.05) is 53.1 Å². The fraction of sp³-hybridized carbons (Fsp3) is 0.536. The summed E-state index contributed by atoms with van der Waals surface area (Å²) in [4.78, 5) is 9.00. The van der Waals surface area contributed by atoms with Crippen molar-refractivity contribution in [3.05, 3.63) is 36.0 Å². The van der Waals surface area contributed by atoms with E-state index in [1.807, 2.05) is 25.1 Å². The van der Waals surface area contributed by atoms with Gasteiger partial charge in [-0.15, -0.1) is 10.2 Å². The van der Waals surface area contributed by atoms with Gasteiger partial charge in [-0.2, -0.15) is 0 Å². The van der Waals surface area contributed by atoms with Gasteiger partial charge in [0.25, 0.3) is 0 Å². The molecule has 1 aromatic carbocycles. The van der Waals surface area contributed by atoms with Gasteiger partial charge < -0.3 is 19.3 Å². The minimum Gasteiger partial charge on any atom is -0.416 e. The van der Waals surface area contributed by atoms with Crippen LogP contribution in [0.1, 0.15) is 44.2 Å². The Morgan fingerprint density at radius 1 is 1.02 bits per heavy atom. The Labute approximate surface area is 233 Å². The second-order valence-corrected chi connectivity index (χ2v) is 13.1. The number of hydrogen-bond donors (Lipinski definition) is 2. The summed E-state index contributed by atoms with van der Waals surface area (Å²) in [5.41, 5.74) is 4.00. The molecule has 0 amide bonds. The Morgan fingerprint density at radius 3 is 2.45 bits per heavy atom. The van der Waals surface area contributed by atoms with Crippen LogP contribution in [0.5, 0.6) is 0 Å². The molecule has 3 fully saturated rings. The summed E-state index contributed by atoms with van der Waals surface area (Å²) in [6, 6.07) is 9.08. The molecule has 0 radical (unpaired) electrons. The Bertz CT molecular complexity index is 1470. The van der Waals surface area contributed by atoms with Crippen LogP contribution in [-0.2, 0) is 10.0 Å². The van der Waals surface area contributed by atoms with E-state index in [0.717, 1.165) is 54.3 Å². The Hall–Kier alpha value is -3.25. The number of sulfonamides is 1. The van der Waals surface area contributed by atoms with Gasteiger partial charge in [-0.3, -0.25) is 4.72 Å². The minimum absolute atomic E-state index is 0.343. The number of hydrogen-bond acceptors (Lipinski definition) is 9. The quantitative estimate of drug-likeness (QED) is 0.411. The van der Waals surface area contributed by atoms with Gasteiger partial charge in [0.15, 0.2) is 0 Å². The van der Waals surface area contributed by atoms with Gasteiger partial charge in [0, 0.05) is 37.4 Å². The molecular weight excluding hydrogens is 535 g/mol. The average Bonchev–Trinajstić information content (AvgIpc) is 3.49. The maximum absolute atomic E-state index is 13.7. The molecule has 12 heteroatoms. The lowest BCUT2D eigenvalue weighted by Crippen LogP contribution is -2.35. The fourth-order valence-electron chi connectivity index (χ4n) is 5.75. The summed E-state index contributed by atoms with van der Waals surface area (Å²) in [6.45, 7) is 4.40. The molecule has 3 aromatic rings. The predicted octanol–water partition coefficient (Wildman–Crippen LogP) is 4.16. The number of halogens is 1. The molecule has 1 saturated carbocycles. The first kappa shape index (κ1) is 26.9. The lowest BCUT2D eigenvalue weighted by Gasteiger charge is -2.35. The molecule has 3 aliphatic rings. The number of rotatable bonds is 8. The normalized spacial score (nSPS) is 19.3. The molecule has 2 saturated heterocycles. The number of benzene rings is 1. The van der Waals surface area contributed by atoms with Crippen LogP contribution in [0, 0.1) is 12.3 Å². The van der Waals surface area contributed by atoms with Gasteiger partial charge in [-0.25, -0.2) is 17.8 Å². The number of nitrogens with one attached hydrogen (secondary N) is 1. The van der Waals surface area contributed by atoms with Gasteiger partial charge in [0.05, 0.1) is 29.3 Å². The average molecular weight is 571 g/mol. The first-order valence-corrected chi connectivity index (χ1v) is 15.6. The maximum Gasteiger partial charge on any atom is 0.250 e. The molecule has 1 aliphatic carbocycles. The van der Waals surface area contributed by atoms with E-state index in [1.165, 1.54) is 12.8 Å². The fourth-order valence-corrected chi connectivity index (χ4v) is 6.58. The van der Waals surface area contributed by atoms with Crippen LogP contribution in [0.3, 0.4) is 0 Å². The molecule has 2 aliphatic heterocycles. The van der Waals surface area contributed by atoms with Gasteiger partial charge in [0.1, 0.15) is 12.0 Å². The third kappa shape index (κ3) is 5.78. The third-order valence-electron chi connectivity index (χ3n) is 8.34. The summed E-state index contributed by atoms with van der Waals surface area (Å²) in [6.07, 6.45) is 4.97. The highest BCUT2D eigenvalue weighted by Gasteiger charge is 2.44. The highest BCUT2D eigenvalue weighted by molar-refractivity contribution is 7.92. The summed E-state index contributed by atoms with van der Waals surface area (Å²) in [5, 5.41) is 17.8. The smallest absolute Gasteiger partial charge is 0.250 e. The highest BCUT2D eigenvalue weighted by atomic mass is 32.2. The van der Waals surface area contributed by atoms with Crippen molar-refractivity contribution in [1.29, 1.82) is 0 Å². The van der Waals surface area contributed by atoms with Crippen molar-refractivity contribution in [2.24, 2.45) is 5.41 Å². The highest BCUT2D eigenvalue weighted by Crippen LogP contribution is 2.54. The maximum atomic E-state index is 13.7. The Kier molecular flexibility index (Phi) is 7.16. The minimum atomic E-state index is -3.67. The number of pyridine rings is 1. The molecule has 0 bridgehead atoms. The number of aliphatic hydroxyl groups is 1. The number of anilines is 3. The van der Waals surface area contributed by atoms with Crippen LogP contribution >= 0.6 is 0 Å². The summed E-state index contributed by atoms with van der Waals surface area (Å²) >= 11 is 0. The molecule has 0 atom stereocenters. The first-order valence-electron chi connectivity index (χ1n) is 13.9. The first-order chi connectivity index (χ1) is 19.2. The van der Waals surface area contributed by atoms with Crippen LogP contribution in [0.25, 0.3) is 22.9 Å². The van der Waals surface area contributed by atoms with Crippen LogP contribution in [0.2, 0.25) is 0 Å². The number of aryl methyl sites for hydroxylation is 1. The largest absolute Gasteiger partial charge is 0.416 e. The monoisotopic (exact) mass is 570 g/mol.